The number of carboxylic acids is 1. The fraction of sp³-hybridized carbons (Fsp3) is 0.556. The summed E-state index contributed by atoms with van der Waals surface area (Å²) in [7, 11) is 1.31. The predicted octanol–water partition coefficient (Wildman–Crippen LogP) is 1.59. The second kappa shape index (κ2) is 9.88. The average molecular weight is 352 g/mol. The number of rotatable bonds is 10. The van der Waals surface area contributed by atoms with Crippen LogP contribution in [-0.2, 0) is 23.9 Å². The van der Waals surface area contributed by atoms with Gasteiger partial charge < -0.3 is 14.9 Å². The number of aliphatic carboxylic acids is 1. The molecule has 25 heavy (non-hydrogen) atoms. The molecule has 138 valence electrons. The number of hydrogen-bond donors (Lipinski definition) is 2. The Hall–Kier alpha value is -2.28. The zero-order chi connectivity index (χ0) is 19.0. The fourth-order valence-corrected chi connectivity index (χ4v) is 2.54. The molecule has 0 aromatic heterocycles. The van der Waals surface area contributed by atoms with Gasteiger partial charge in [0.2, 0.25) is 0 Å². The van der Waals surface area contributed by atoms with E-state index >= 15 is 0 Å². The number of carbonyl (C=O) groups excluding carboxylic acids is 3. The quantitative estimate of drug-likeness (QED) is 0.348. The summed E-state index contributed by atoms with van der Waals surface area (Å²) >= 11 is 0. The van der Waals surface area contributed by atoms with Gasteiger partial charge in [0.25, 0.3) is 0 Å². The molecule has 0 bridgehead atoms. The molecule has 2 unspecified atom stereocenters. The number of ether oxygens (including phenoxy) is 1. The molecule has 1 aliphatic carbocycles. The SMILES string of the molecule is COC(=O)CCCCC(=O)C=CC1=C(CC(C)C(=O)O)C(=O)CC1O. The molecule has 1 aliphatic rings. The zero-order valence-corrected chi connectivity index (χ0v) is 14.5. The number of carbonyl (C=O) groups is 4. The fourth-order valence-electron chi connectivity index (χ4n) is 2.54. The van der Waals surface area contributed by atoms with Crippen LogP contribution in [0.3, 0.4) is 0 Å². The van der Waals surface area contributed by atoms with Gasteiger partial charge in [-0.2, -0.15) is 0 Å². The van der Waals surface area contributed by atoms with Crippen LogP contribution in [0.5, 0.6) is 0 Å². The molecule has 0 fully saturated rings. The van der Waals surface area contributed by atoms with E-state index in [1.165, 1.54) is 26.2 Å². The Balaban J connectivity index is 2.65. The normalized spacial score (nSPS) is 18.7. The highest BCUT2D eigenvalue weighted by molar-refractivity contribution is 6.01. The van der Waals surface area contributed by atoms with E-state index in [-0.39, 0.29) is 48.8 Å². The van der Waals surface area contributed by atoms with Gasteiger partial charge in [-0.1, -0.05) is 13.0 Å². The van der Waals surface area contributed by atoms with E-state index in [9.17, 15) is 24.3 Å². The lowest BCUT2D eigenvalue weighted by atomic mass is 9.97. The molecule has 0 saturated carbocycles. The molecular weight excluding hydrogens is 328 g/mol. The Kier molecular flexibility index (Phi) is 8.21. The van der Waals surface area contributed by atoms with Crippen LogP contribution in [0.25, 0.3) is 0 Å². The number of hydrogen-bond acceptors (Lipinski definition) is 6. The van der Waals surface area contributed by atoms with Crippen molar-refractivity contribution in [2.45, 2.75) is 51.6 Å². The Morgan fingerprint density at radius 1 is 1.28 bits per heavy atom. The minimum atomic E-state index is -1.02. The second-order valence-corrected chi connectivity index (χ2v) is 6.10. The summed E-state index contributed by atoms with van der Waals surface area (Å²) < 4.78 is 4.51. The highest BCUT2D eigenvalue weighted by Gasteiger charge is 2.31. The highest BCUT2D eigenvalue weighted by Crippen LogP contribution is 2.29. The van der Waals surface area contributed by atoms with Gasteiger partial charge in [-0.05, 0) is 30.9 Å². The minimum absolute atomic E-state index is 0.0260. The van der Waals surface area contributed by atoms with Crippen LogP contribution in [0.15, 0.2) is 23.3 Å². The first-order valence-electron chi connectivity index (χ1n) is 8.21. The van der Waals surface area contributed by atoms with E-state index in [0.717, 1.165) is 0 Å². The monoisotopic (exact) mass is 352 g/mol. The third-order valence-corrected chi connectivity index (χ3v) is 4.09. The average Bonchev–Trinajstić information content (AvgIpc) is 2.82. The van der Waals surface area contributed by atoms with E-state index < -0.39 is 18.0 Å². The molecule has 0 amide bonds. The number of aliphatic hydroxyl groups is 1. The maximum absolute atomic E-state index is 11.9. The number of allylic oxidation sites excluding steroid dienone is 2. The van der Waals surface area contributed by atoms with Gasteiger partial charge in [-0.3, -0.25) is 19.2 Å². The van der Waals surface area contributed by atoms with Crippen LogP contribution < -0.4 is 0 Å². The molecule has 2 atom stereocenters. The Labute approximate surface area is 146 Å². The summed E-state index contributed by atoms with van der Waals surface area (Å²) in [6, 6.07) is 0. The van der Waals surface area contributed by atoms with Crippen LogP contribution in [0.4, 0.5) is 0 Å². The van der Waals surface area contributed by atoms with E-state index in [1.54, 1.807) is 0 Å². The predicted molar refractivity (Wildman–Crippen MR) is 88.7 cm³/mol. The van der Waals surface area contributed by atoms with Crippen LogP contribution in [0, 0.1) is 5.92 Å². The lowest BCUT2D eigenvalue weighted by Crippen LogP contribution is -2.12. The number of aliphatic hydroxyl groups excluding tert-OH is 1. The van der Waals surface area contributed by atoms with Gasteiger partial charge in [0.1, 0.15) is 0 Å². The first-order chi connectivity index (χ1) is 11.8. The van der Waals surface area contributed by atoms with Crippen LogP contribution >= 0.6 is 0 Å². The van der Waals surface area contributed by atoms with Gasteiger partial charge in [0, 0.05) is 24.8 Å². The summed E-state index contributed by atoms with van der Waals surface area (Å²) in [5.41, 5.74) is 0.596. The molecule has 2 N–H and O–H groups in total. The number of esters is 1. The summed E-state index contributed by atoms with van der Waals surface area (Å²) in [6.07, 6.45) is 3.19. The number of unbranched alkanes of at least 4 members (excludes halogenated alkanes) is 1. The van der Waals surface area contributed by atoms with E-state index in [1.807, 2.05) is 0 Å². The lowest BCUT2D eigenvalue weighted by Gasteiger charge is -2.08. The van der Waals surface area contributed by atoms with Crippen molar-refractivity contribution < 1.29 is 34.1 Å². The summed E-state index contributed by atoms with van der Waals surface area (Å²) in [4.78, 5) is 45.7. The third kappa shape index (κ3) is 6.62. The first kappa shape index (κ1) is 20.8. The van der Waals surface area contributed by atoms with Crippen LogP contribution in [0.1, 0.15) is 45.4 Å². The van der Waals surface area contributed by atoms with Crippen molar-refractivity contribution >= 4 is 23.5 Å². The molecule has 7 heteroatoms. The van der Waals surface area contributed by atoms with Gasteiger partial charge in [-0.15, -0.1) is 0 Å². The number of Topliss-reactive ketones (excluding diaryl/α,β-unsaturated/α-hetero) is 1. The number of carboxylic acid groups (broad SMARTS) is 1. The molecule has 0 radical (unpaired) electrons. The van der Waals surface area contributed by atoms with Gasteiger partial charge in [0.05, 0.1) is 19.1 Å². The largest absolute Gasteiger partial charge is 0.481 e. The number of methoxy groups -OCH3 is 1. The van der Waals surface area contributed by atoms with Gasteiger partial charge >= 0.3 is 11.9 Å². The molecule has 0 aromatic carbocycles. The first-order valence-corrected chi connectivity index (χ1v) is 8.21. The molecule has 1 rings (SSSR count). The van der Waals surface area contributed by atoms with Crippen molar-refractivity contribution in [3.63, 3.8) is 0 Å². The molecule has 7 nitrogen and oxygen atoms in total. The van der Waals surface area contributed by atoms with Crippen LogP contribution in [-0.4, -0.2) is 46.9 Å². The Morgan fingerprint density at radius 2 is 1.92 bits per heavy atom. The lowest BCUT2D eigenvalue weighted by molar-refractivity contribution is -0.141. The molecule has 0 aliphatic heterocycles. The number of ketones is 2. The van der Waals surface area contributed by atoms with Gasteiger partial charge in [-0.25, -0.2) is 0 Å². The summed E-state index contributed by atoms with van der Waals surface area (Å²) in [5.74, 6) is -2.56. The smallest absolute Gasteiger partial charge is 0.306 e. The topological polar surface area (TPSA) is 118 Å². The second-order valence-electron chi connectivity index (χ2n) is 6.10. The highest BCUT2D eigenvalue weighted by atomic mass is 16.5. The molecule has 0 spiro atoms. The Morgan fingerprint density at radius 3 is 2.52 bits per heavy atom. The van der Waals surface area contributed by atoms with E-state index in [4.69, 9.17) is 5.11 Å². The Bertz CT molecular complexity index is 601. The minimum Gasteiger partial charge on any atom is -0.481 e. The summed E-state index contributed by atoms with van der Waals surface area (Å²) in [6.45, 7) is 1.49. The van der Waals surface area contributed by atoms with Crippen molar-refractivity contribution in [3.05, 3.63) is 23.3 Å². The third-order valence-electron chi connectivity index (χ3n) is 4.09. The van der Waals surface area contributed by atoms with Gasteiger partial charge in [0.15, 0.2) is 11.6 Å². The molecule has 0 aromatic rings. The zero-order valence-electron chi connectivity index (χ0n) is 14.5. The van der Waals surface area contributed by atoms with Crippen molar-refractivity contribution in [1.29, 1.82) is 0 Å². The standard InChI is InChI=1S/C18H24O7/c1-11(18(23)24)9-14-13(15(20)10-16(14)21)8-7-12(19)5-3-4-6-17(22)25-2/h7-8,11,15,20H,3-6,9-10H2,1-2H3,(H,23,24). The van der Waals surface area contributed by atoms with Crippen LogP contribution in [0.2, 0.25) is 0 Å². The van der Waals surface area contributed by atoms with Crippen molar-refractivity contribution in [3.8, 4) is 0 Å². The molecule has 0 heterocycles. The van der Waals surface area contributed by atoms with Crippen molar-refractivity contribution in [2.75, 3.05) is 7.11 Å². The van der Waals surface area contributed by atoms with Crippen molar-refractivity contribution in [2.24, 2.45) is 5.92 Å². The summed E-state index contributed by atoms with van der Waals surface area (Å²) in [5, 5.41) is 18.9. The van der Waals surface area contributed by atoms with E-state index in [2.05, 4.69) is 4.74 Å². The van der Waals surface area contributed by atoms with Crippen molar-refractivity contribution in [1.82, 2.24) is 0 Å². The molecule has 0 saturated heterocycles. The van der Waals surface area contributed by atoms with E-state index in [0.29, 0.717) is 18.4 Å². The maximum Gasteiger partial charge on any atom is 0.306 e. The maximum atomic E-state index is 11.9. The molecular formula is C18H24O7.